The summed E-state index contributed by atoms with van der Waals surface area (Å²) in [5.74, 6) is -0.922. The molecule has 150 valence electrons. The van der Waals surface area contributed by atoms with Gasteiger partial charge >= 0.3 is 6.03 Å². The largest absolute Gasteiger partial charge is 0.329 e. The van der Waals surface area contributed by atoms with E-state index in [9.17, 15) is 24.1 Å². The number of benzene rings is 2. The standard InChI is InChI=1S/C21H15FN4O4/c22-15-8-6-14(7-9-15)13-25-20(27)19(23-21(25)28)12-17-5-2-10-24(17)16-3-1-4-18(11-16)26(29)30/h1-12H,13H2,(H,23,28). The fraction of sp³-hybridized carbons (Fsp3) is 0.0476. The van der Waals surface area contributed by atoms with Gasteiger partial charge in [-0.15, -0.1) is 0 Å². The Labute approximate surface area is 170 Å². The number of non-ortho nitro benzene ring substituents is 1. The summed E-state index contributed by atoms with van der Waals surface area (Å²) >= 11 is 0. The van der Waals surface area contributed by atoms with Gasteiger partial charge in [0.25, 0.3) is 11.6 Å². The number of halogens is 1. The van der Waals surface area contributed by atoms with E-state index in [0.717, 1.165) is 4.90 Å². The number of nitro benzene ring substituents is 1. The molecule has 0 saturated carbocycles. The second kappa shape index (κ2) is 7.63. The highest BCUT2D eigenvalue weighted by Crippen LogP contribution is 2.22. The van der Waals surface area contributed by atoms with Gasteiger partial charge in [0.15, 0.2) is 0 Å². The molecule has 1 saturated heterocycles. The quantitative estimate of drug-likeness (QED) is 0.303. The molecule has 8 nitrogen and oxygen atoms in total. The first kappa shape index (κ1) is 19.1. The average Bonchev–Trinajstić information content (AvgIpc) is 3.30. The molecule has 0 radical (unpaired) electrons. The number of carbonyl (C=O) groups is 2. The van der Waals surface area contributed by atoms with Crippen molar-refractivity contribution < 1.29 is 18.9 Å². The van der Waals surface area contributed by atoms with Crippen molar-refractivity contribution in [2.24, 2.45) is 0 Å². The lowest BCUT2D eigenvalue weighted by atomic mass is 10.2. The van der Waals surface area contributed by atoms with E-state index in [4.69, 9.17) is 0 Å². The average molecular weight is 406 g/mol. The second-order valence-electron chi connectivity index (χ2n) is 6.59. The molecule has 9 heteroatoms. The Morgan fingerprint density at radius 3 is 2.57 bits per heavy atom. The molecule has 1 N–H and O–H groups in total. The van der Waals surface area contributed by atoms with Gasteiger partial charge in [-0.05, 0) is 42.0 Å². The van der Waals surface area contributed by atoms with Crippen LogP contribution in [0.4, 0.5) is 14.9 Å². The molecule has 1 fully saturated rings. The molecule has 2 aromatic carbocycles. The lowest BCUT2D eigenvalue weighted by Crippen LogP contribution is -2.30. The molecule has 0 bridgehead atoms. The fourth-order valence-corrected chi connectivity index (χ4v) is 3.14. The van der Waals surface area contributed by atoms with Crippen molar-refractivity contribution in [2.75, 3.05) is 0 Å². The molecule has 3 aromatic rings. The third kappa shape index (κ3) is 3.68. The number of hydrogen-bond acceptors (Lipinski definition) is 4. The number of rotatable bonds is 5. The number of nitrogens with one attached hydrogen (secondary N) is 1. The number of nitro groups is 1. The van der Waals surface area contributed by atoms with Crippen LogP contribution in [0.15, 0.2) is 72.6 Å². The van der Waals surface area contributed by atoms with Gasteiger partial charge in [-0.3, -0.25) is 19.8 Å². The van der Waals surface area contributed by atoms with Gasteiger partial charge in [0.2, 0.25) is 0 Å². The first-order valence-electron chi connectivity index (χ1n) is 8.93. The van der Waals surface area contributed by atoms with Crippen LogP contribution in [0.3, 0.4) is 0 Å². The van der Waals surface area contributed by atoms with Gasteiger partial charge in [0, 0.05) is 24.0 Å². The van der Waals surface area contributed by atoms with Crippen LogP contribution >= 0.6 is 0 Å². The van der Waals surface area contributed by atoms with Crippen molar-refractivity contribution in [3.63, 3.8) is 0 Å². The molecule has 0 aliphatic carbocycles. The number of carbonyl (C=O) groups excluding carboxylic acids is 2. The molecule has 2 heterocycles. The van der Waals surface area contributed by atoms with Crippen LogP contribution in [0, 0.1) is 15.9 Å². The summed E-state index contributed by atoms with van der Waals surface area (Å²) in [6.07, 6.45) is 3.20. The van der Waals surface area contributed by atoms with Gasteiger partial charge in [-0.2, -0.15) is 0 Å². The van der Waals surface area contributed by atoms with E-state index in [2.05, 4.69) is 5.32 Å². The zero-order valence-electron chi connectivity index (χ0n) is 15.5. The van der Waals surface area contributed by atoms with Crippen LogP contribution in [-0.2, 0) is 11.3 Å². The van der Waals surface area contributed by atoms with E-state index in [1.54, 1.807) is 35.0 Å². The highest BCUT2D eigenvalue weighted by atomic mass is 19.1. The molecule has 1 aliphatic heterocycles. The zero-order valence-corrected chi connectivity index (χ0v) is 15.5. The highest BCUT2D eigenvalue weighted by Gasteiger charge is 2.33. The summed E-state index contributed by atoms with van der Waals surface area (Å²) < 4.78 is 14.7. The van der Waals surface area contributed by atoms with Crippen molar-refractivity contribution in [3.05, 3.63) is 99.7 Å². The molecule has 3 amide bonds. The monoisotopic (exact) mass is 406 g/mol. The Morgan fingerprint density at radius 2 is 1.83 bits per heavy atom. The maximum atomic E-state index is 13.1. The number of amides is 3. The number of imide groups is 1. The third-order valence-corrected chi connectivity index (χ3v) is 4.61. The number of hydrogen-bond donors (Lipinski definition) is 1. The van der Waals surface area contributed by atoms with E-state index in [-0.39, 0.29) is 17.9 Å². The first-order valence-corrected chi connectivity index (χ1v) is 8.93. The van der Waals surface area contributed by atoms with Crippen molar-refractivity contribution in [2.45, 2.75) is 6.54 Å². The number of aromatic nitrogens is 1. The second-order valence-corrected chi connectivity index (χ2v) is 6.59. The van der Waals surface area contributed by atoms with Crippen molar-refractivity contribution in [1.29, 1.82) is 0 Å². The van der Waals surface area contributed by atoms with Crippen molar-refractivity contribution >= 4 is 23.7 Å². The van der Waals surface area contributed by atoms with E-state index >= 15 is 0 Å². The lowest BCUT2D eigenvalue weighted by molar-refractivity contribution is -0.384. The van der Waals surface area contributed by atoms with Crippen LogP contribution in [0.5, 0.6) is 0 Å². The Bertz CT molecular complexity index is 1180. The lowest BCUT2D eigenvalue weighted by Gasteiger charge is -2.11. The third-order valence-electron chi connectivity index (χ3n) is 4.61. The highest BCUT2D eigenvalue weighted by molar-refractivity contribution is 6.13. The number of urea groups is 1. The normalized spacial score (nSPS) is 15.0. The molecular weight excluding hydrogens is 391 g/mol. The first-order chi connectivity index (χ1) is 14.4. The zero-order chi connectivity index (χ0) is 21.3. The van der Waals surface area contributed by atoms with Crippen molar-refractivity contribution in [3.8, 4) is 5.69 Å². The summed E-state index contributed by atoms with van der Waals surface area (Å²) in [4.78, 5) is 36.5. The minimum atomic E-state index is -0.580. The molecular formula is C21H15FN4O4. The molecule has 4 rings (SSSR count). The van der Waals surface area contributed by atoms with Crippen LogP contribution in [0.1, 0.15) is 11.3 Å². The van der Waals surface area contributed by atoms with E-state index in [0.29, 0.717) is 16.9 Å². The molecule has 0 unspecified atom stereocenters. The van der Waals surface area contributed by atoms with Crippen LogP contribution in [-0.4, -0.2) is 26.3 Å². The van der Waals surface area contributed by atoms with E-state index < -0.39 is 22.7 Å². The van der Waals surface area contributed by atoms with Gasteiger partial charge < -0.3 is 9.88 Å². The maximum absolute atomic E-state index is 13.1. The summed E-state index contributed by atoms with van der Waals surface area (Å²) in [6, 6.07) is 14.5. The Morgan fingerprint density at radius 1 is 1.07 bits per heavy atom. The van der Waals surface area contributed by atoms with Crippen LogP contribution in [0.25, 0.3) is 11.8 Å². The SMILES string of the molecule is O=C1NC(=Cc2cccn2-c2cccc([N+](=O)[O-])c2)C(=O)N1Cc1ccc(F)cc1. The molecule has 0 atom stereocenters. The van der Waals surface area contributed by atoms with Crippen LogP contribution < -0.4 is 5.32 Å². The van der Waals surface area contributed by atoms with Gasteiger partial charge in [-0.25, -0.2) is 9.18 Å². The van der Waals surface area contributed by atoms with Crippen LogP contribution in [0.2, 0.25) is 0 Å². The topological polar surface area (TPSA) is 97.5 Å². The summed E-state index contributed by atoms with van der Waals surface area (Å²) in [7, 11) is 0. The van der Waals surface area contributed by atoms with E-state index in [1.807, 2.05) is 0 Å². The Hall–Kier alpha value is -4.27. The Balaban J connectivity index is 1.60. The van der Waals surface area contributed by atoms with Gasteiger partial charge in [0.1, 0.15) is 11.5 Å². The predicted octanol–water partition coefficient (Wildman–Crippen LogP) is 3.62. The molecule has 1 aliphatic rings. The van der Waals surface area contributed by atoms with E-state index in [1.165, 1.54) is 42.5 Å². The summed E-state index contributed by atoms with van der Waals surface area (Å²) in [5, 5.41) is 13.6. The molecule has 1 aromatic heterocycles. The molecule has 30 heavy (non-hydrogen) atoms. The smallest absolute Gasteiger partial charge is 0.317 e. The summed E-state index contributed by atoms with van der Waals surface area (Å²) in [6.45, 7) is 0.00811. The van der Waals surface area contributed by atoms with Gasteiger partial charge in [-0.1, -0.05) is 18.2 Å². The number of nitrogens with zero attached hydrogens (tertiary/aromatic N) is 3. The van der Waals surface area contributed by atoms with Crippen molar-refractivity contribution in [1.82, 2.24) is 14.8 Å². The van der Waals surface area contributed by atoms with Gasteiger partial charge in [0.05, 0.1) is 17.2 Å². The predicted molar refractivity (Wildman–Crippen MR) is 106 cm³/mol. The fourth-order valence-electron chi connectivity index (χ4n) is 3.14. The maximum Gasteiger partial charge on any atom is 0.329 e. The Kier molecular flexibility index (Phi) is 4.85. The minimum absolute atomic E-state index is 0.00811. The molecule has 0 spiro atoms. The minimum Gasteiger partial charge on any atom is -0.317 e. The summed E-state index contributed by atoms with van der Waals surface area (Å²) in [5.41, 5.74) is 1.73.